The Morgan fingerprint density at radius 1 is 1.47 bits per heavy atom. The topological polar surface area (TPSA) is 78.9 Å². The highest BCUT2D eigenvalue weighted by Gasteiger charge is 2.34. The van der Waals surface area contributed by atoms with Crippen molar-refractivity contribution in [1.29, 1.82) is 0 Å². The Hall–Kier alpha value is -1.14. The van der Waals surface area contributed by atoms with Crippen molar-refractivity contribution in [2.24, 2.45) is 0 Å². The minimum atomic E-state index is -0.904. The van der Waals surface area contributed by atoms with Gasteiger partial charge in [0.1, 0.15) is 6.04 Å². The molecule has 0 aromatic heterocycles. The van der Waals surface area contributed by atoms with Gasteiger partial charge >= 0.3 is 5.97 Å². The molecule has 2 atom stereocenters. The Balaban J connectivity index is 1.88. The van der Waals surface area contributed by atoms with Gasteiger partial charge in [0.2, 0.25) is 5.91 Å². The molecule has 1 amide bonds. The van der Waals surface area contributed by atoms with Crippen LogP contribution in [0.4, 0.5) is 0 Å². The molecule has 0 spiro atoms. The third-order valence-electron chi connectivity index (χ3n) is 3.26. The summed E-state index contributed by atoms with van der Waals surface area (Å²) >= 11 is 0. The number of aliphatic carboxylic acids is 1. The number of hydrogen-bond donors (Lipinski definition) is 2. The molecule has 2 saturated heterocycles. The summed E-state index contributed by atoms with van der Waals surface area (Å²) in [5.74, 6) is -1.01. The van der Waals surface area contributed by atoms with Crippen LogP contribution in [0, 0.1) is 0 Å². The van der Waals surface area contributed by atoms with E-state index in [1.54, 1.807) is 0 Å². The Bertz CT molecular complexity index is 302. The van der Waals surface area contributed by atoms with Crippen molar-refractivity contribution in [2.45, 2.75) is 31.4 Å². The average molecular weight is 242 g/mol. The van der Waals surface area contributed by atoms with E-state index in [1.807, 2.05) is 0 Å². The molecule has 96 valence electrons. The van der Waals surface area contributed by atoms with Gasteiger partial charge < -0.3 is 20.1 Å². The molecule has 2 rings (SSSR count). The predicted molar refractivity (Wildman–Crippen MR) is 59.6 cm³/mol. The first-order chi connectivity index (χ1) is 8.18. The van der Waals surface area contributed by atoms with Crippen molar-refractivity contribution in [2.75, 3.05) is 26.2 Å². The van der Waals surface area contributed by atoms with E-state index in [2.05, 4.69) is 5.32 Å². The van der Waals surface area contributed by atoms with Gasteiger partial charge in [-0.25, -0.2) is 4.79 Å². The Kier molecular flexibility index (Phi) is 3.96. The average Bonchev–Trinajstić information content (AvgIpc) is 2.79. The first-order valence-electron chi connectivity index (χ1n) is 6.03. The van der Waals surface area contributed by atoms with E-state index in [9.17, 15) is 9.59 Å². The van der Waals surface area contributed by atoms with Crippen LogP contribution in [0.2, 0.25) is 0 Å². The lowest BCUT2D eigenvalue weighted by Crippen LogP contribution is -2.45. The van der Waals surface area contributed by atoms with E-state index in [1.165, 1.54) is 4.90 Å². The van der Waals surface area contributed by atoms with E-state index >= 15 is 0 Å². The smallest absolute Gasteiger partial charge is 0.326 e. The summed E-state index contributed by atoms with van der Waals surface area (Å²) in [5, 5.41) is 12.2. The van der Waals surface area contributed by atoms with Gasteiger partial charge in [0.15, 0.2) is 0 Å². The normalized spacial score (nSPS) is 29.3. The lowest BCUT2D eigenvalue weighted by atomic mass is 10.2. The number of ether oxygens (including phenoxy) is 1. The first kappa shape index (κ1) is 12.3. The minimum absolute atomic E-state index is 0.108. The molecular formula is C11H18N2O4. The molecule has 2 heterocycles. The SMILES string of the molecule is O=C(O)[C@@H]1CCCN1C(=O)CC1CNCCO1. The third kappa shape index (κ3) is 2.95. The molecule has 0 aromatic carbocycles. The highest BCUT2D eigenvalue weighted by atomic mass is 16.5. The number of amides is 1. The van der Waals surface area contributed by atoms with Gasteiger partial charge in [-0.15, -0.1) is 0 Å². The summed E-state index contributed by atoms with van der Waals surface area (Å²) in [6.07, 6.45) is 1.49. The lowest BCUT2D eigenvalue weighted by Gasteiger charge is -2.27. The highest BCUT2D eigenvalue weighted by molar-refractivity contribution is 5.84. The van der Waals surface area contributed by atoms with Crippen LogP contribution in [0.1, 0.15) is 19.3 Å². The largest absolute Gasteiger partial charge is 0.480 e. The molecule has 6 nitrogen and oxygen atoms in total. The lowest BCUT2D eigenvalue weighted by molar-refractivity contribution is -0.149. The Morgan fingerprint density at radius 2 is 2.29 bits per heavy atom. The number of carboxylic acid groups (broad SMARTS) is 1. The van der Waals surface area contributed by atoms with E-state index in [4.69, 9.17) is 9.84 Å². The fourth-order valence-corrected chi connectivity index (χ4v) is 2.38. The maximum Gasteiger partial charge on any atom is 0.326 e. The number of rotatable bonds is 3. The molecule has 2 aliphatic rings. The number of morpholine rings is 1. The van der Waals surface area contributed by atoms with Gasteiger partial charge in [0.05, 0.1) is 19.1 Å². The maximum absolute atomic E-state index is 12.0. The monoisotopic (exact) mass is 242 g/mol. The van der Waals surface area contributed by atoms with E-state index in [0.29, 0.717) is 26.1 Å². The standard InChI is InChI=1S/C11H18N2O4/c14-10(6-8-7-12-3-5-17-8)13-4-1-2-9(13)11(15)16/h8-9,12H,1-7H2,(H,15,16)/t8?,9-/m0/s1. The van der Waals surface area contributed by atoms with Crippen molar-refractivity contribution in [3.8, 4) is 0 Å². The number of hydrogen-bond acceptors (Lipinski definition) is 4. The Morgan fingerprint density at radius 3 is 2.94 bits per heavy atom. The summed E-state index contributed by atoms with van der Waals surface area (Å²) < 4.78 is 5.45. The first-order valence-corrected chi connectivity index (χ1v) is 6.03. The second-order valence-electron chi connectivity index (χ2n) is 4.48. The zero-order valence-electron chi connectivity index (χ0n) is 9.72. The second-order valence-corrected chi connectivity index (χ2v) is 4.48. The molecule has 0 radical (unpaired) electrons. The summed E-state index contributed by atoms with van der Waals surface area (Å²) in [6.45, 7) is 2.64. The van der Waals surface area contributed by atoms with Gasteiger partial charge in [0.25, 0.3) is 0 Å². The molecule has 0 aliphatic carbocycles. The number of carbonyl (C=O) groups is 2. The molecular weight excluding hydrogens is 224 g/mol. The van der Waals surface area contributed by atoms with Crippen molar-refractivity contribution in [3.05, 3.63) is 0 Å². The molecule has 17 heavy (non-hydrogen) atoms. The number of carbonyl (C=O) groups excluding carboxylic acids is 1. The third-order valence-corrected chi connectivity index (χ3v) is 3.26. The zero-order chi connectivity index (χ0) is 12.3. The van der Waals surface area contributed by atoms with Crippen LogP contribution in [0.15, 0.2) is 0 Å². The summed E-state index contributed by atoms with van der Waals surface area (Å²) in [4.78, 5) is 24.4. The van der Waals surface area contributed by atoms with Crippen LogP contribution >= 0.6 is 0 Å². The molecule has 6 heteroatoms. The summed E-state index contributed by atoms with van der Waals surface area (Å²) in [5.41, 5.74) is 0. The van der Waals surface area contributed by atoms with Crippen LogP contribution in [-0.2, 0) is 14.3 Å². The van der Waals surface area contributed by atoms with Gasteiger partial charge in [-0.05, 0) is 12.8 Å². The number of carboxylic acids is 1. The van der Waals surface area contributed by atoms with E-state index in [0.717, 1.165) is 13.0 Å². The summed E-state index contributed by atoms with van der Waals surface area (Å²) in [7, 11) is 0. The molecule has 2 fully saturated rings. The van der Waals surface area contributed by atoms with Crippen LogP contribution in [-0.4, -0.2) is 60.3 Å². The van der Waals surface area contributed by atoms with E-state index in [-0.39, 0.29) is 18.4 Å². The van der Waals surface area contributed by atoms with Crippen LogP contribution in [0.25, 0.3) is 0 Å². The number of nitrogens with zero attached hydrogens (tertiary/aromatic N) is 1. The maximum atomic E-state index is 12.0. The molecule has 0 saturated carbocycles. The van der Waals surface area contributed by atoms with Crippen molar-refractivity contribution in [3.63, 3.8) is 0 Å². The number of nitrogens with one attached hydrogen (secondary N) is 1. The van der Waals surface area contributed by atoms with Gasteiger partial charge in [-0.1, -0.05) is 0 Å². The molecule has 1 unspecified atom stereocenters. The Labute approximate surface area is 99.9 Å². The fraction of sp³-hybridized carbons (Fsp3) is 0.818. The summed E-state index contributed by atoms with van der Waals surface area (Å²) in [6, 6.07) is -0.640. The zero-order valence-corrected chi connectivity index (χ0v) is 9.72. The molecule has 2 N–H and O–H groups in total. The van der Waals surface area contributed by atoms with Crippen molar-refractivity contribution >= 4 is 11.9 Å². The van der Waals surface area contributed by atoms with Crippen molar-refractivity contribution < 1.29 is 19.4 Å². The molecule has 2 aliphatic heterocycles. The molecule has 0 aromatic rings. The van der Waals surface area contributed by atoms with Gasteiger partial charge in [-0.2, -0.15) is 0 Å². The fourth-order valence-electron chi connectivity index (χ4n) is 2.38. The predicted octanol–water partition coefficient (Wildman–Crippen LogP) is -0.559. The van der Waals surface area contributed by atoms with E-state index < -0.39 is 12.0 Å². The van der Waals surface area contributed by atoms with Crippen LogP contribution in [0.3, 0.4) is 0 Å². The minimum Gasteiger partial charge on any atom is -0.480 e. The quantitative estimate of drug-likeness (QED) is 0.693. The second kappa shape index (κ2) is 5.46. The van der Waals surface area contributed by atoms with Crippen LogP contribution in [0.5, 0.6) is 0 Å². The molecule has 0 bridgehead atoms. The van der Waals surface area contributed by atoms with Gasteiger partial charge in [0, 0.05) is 19.6 Å². The highest BCUT2D eigenvalue weighted by Crippen LogP contribution is 2.19. The van der Waals surface area contributed by atoms with Crippen molar-refractivity contribution in [1.82, 2.24) is 10.2 Å². The van der Waals surface area contributed by atoms with Crippen LogP contribution < -0.4 is 5.32 Å². The number of likely N-dealkylation sites (tertiary alicyclic amines) is 1. The van der Waals surface area contributed by atoms with Gasteiger partial charge in [-0.3, -0.25) is 4.79 Å².